The maximum absolute atomic E-state index is 10.8. The summed E-state index contributed by atoms with van der Waals surface area (Å²) in [4.78, 5) is 0. The van der Waals surface area contributed by atoms with Gasteiger partial charge in [0.2, 0.25) is 0 Å². The summed E-state index contributed by atoms with van der Waals surface area (Å²) in [6.07, 6.45) is 7.02. The van der Waals surface area contributed by atoms with Crippen molar-refractivity contribution in [2.45, 2.75) is 43.6 Å². The molecule has 2 rings (SSSR count). The first-order valence-electron chi connectivity index (χ1n) is 6.84. The summed E-state index contributed by atoms with van der Waals surface area (Å²) >= 11 is 0. The van der Waals surface area contributed by atoms with E-state index < -0.39 is 5.60 Å². The Morgan fingerprint density at radius 1 is 1.22 bits per heavy atom. The number of rotatable bonds is 4. The quantitative estimate of drug-likeness (QED) is 0.856. The van der Waals surface area contributed by atoms with Gasteiger partial charge in [0.25, 0.3) is 0 Å². The van der Waals surface area contributed by atoms with E-state index in [0.717, 1.165) is 36.8 Å². The van der Waals surface area contributed by atoms with Crippen LogP contribution in [0.3, 0.4) is 0 Å². The van der Waals surface area contributed by atoms with Crippen LogP contribution in [0, 0.1) is 0 Å². The molecule has 1 unspecified atom stereocenters. The minimum Gasteiger partial charge on any atom is -0.389 e. The van der Waals surface area contributed by atoms with Crippen LogP contribution < -0.4 is 5.73 Å². The average Bonchev–Trinajstić information content (AvgIpc) is 2.41. The van der Waals surface area contributed by atoms with E-state index in [1.807, 2.05) is 18.2 Å². The van der Waals surface area contributed by atoms with Gasteiger partial charge in [0.05, 0.1) is 5.60 Å². The van der Waals surface area contributed by atoms with Crippen LogP contribution in [0.15, 0.2) is 30.8 Å². The van der Waals surface area contributed by atoms with Gasteiger partial charge in [-0.3, -0.25) is 0 Å². The van der Waals surface area contributed by atoms with Crippen molar-refractivity contribution in [3.05, 3.63) is 42.0 Å². The Morgan fingerprint density at radius 2 is 1.83 bits per heavy atom. The Labute approximate surface area is 110 Å². The second-order valence-corrected chi connectivity index (χ2v) is 5.32. The lowest BCUT2D eigenvalue weighted by molar-refractivity contribution is -0.0194. The Morgan fingerprint density at radius 3 is 2.33 bits per heavy atom. The van der Waals surface area contributed by atoms with Gasteiger partial charge < -0.3 is 10.8 Å². The van der Waals surface area contributed by atoms with Crippen molar-refractivity contribution in [1.29, 1.82) is 0 Å². The molecule has 0 saturated heterocycles. The lowest BCUT2D eigenvalue weighted by atomic mass is 9.73. The van der Waals surface area contributed by atoms with E-state index in [1.165, 1.54) is 6.42 Å². The van der Waals surface area contributed by atoms with Crippen molar-refractivity contribution in [3.63, 3.8) is 0 Å². The van der Waals surface area contributed by atoms with E-state index in [2.05, 4.69) is 18.7 Å². The highest BCUT2D eigenvalue weighted by Crippen LogP contribution is 2.39. The molecule has 1 fully saturated rings. The first-order valence-corrected chi connectivity index (χ1v) is 6.84. The molecule has 1 saturated carbocycles. The summed E-state index contributed by atoms with van der Waals surface area (Å²) in [5, 5.41) is 10.8. The van der Waals surface area contributed by atoms with Crippen molar-refractivity contribution in [2.75, 3.05) is 6.54 Å². The van der Waals surface area contributed by atoms with Gasteiger partial charge in [0.15, 0.2) is 0 Å². The Hall–Kier alpha value is -1.12. The fraction of sp³-hybridized carbons (Fsp3) is 0.500. The predicted octanol–water partition coefficient (Wildman–Crippen LogP) is 3.07. The van der Waals surface area contributed by atoms with Gasteiger partial charge >= 0.3 is 0 Å². The van der Waals surface area contributed by atoms with Gasteiger partial charge in [-0.25, -0.2) is 0 Å². The second kappa shape index (κ2) is 5.68. The SMILES string of the molecule is C=Cc1ccc(C(CN)C2(O)CCCCC2)cc1. The molecule has 1 atom stereocenters. The highest BCUT2D eigenvalue weighted by molar-refractivity contribution is 5.47. The van der Waals surface area contributed by atoms with Gasteiger partial charge in [-0.05, 0) is 24.0 Å². The van der Waals surface area contributed by atoms with Crippen LogP contribution in [-0.4, -0.2) is 17.3 Å². The van der Waals surface area contributed by atoms with E-state index in [0.29, 0.717) is 6.54 Å². The lowest BCUT2D eigenvalue weighted by Gasteiger charge is -2.39. The minimum absolute atomic E-state index is 0.0525. The molecule has 0 heterocycles. The molecule has 18 heavy (non-hydrogen) atoms. The van der Waals surface area contributed by atoms with E-state index in [1.54, 1.807) is 0 Å². The molecule has 0 aromatic heterocycles. The summed E-state index contributed by atoms with van der Waals surface area (Å²) in [7, 11) is 0. The number of hydrogen-bond acceptors (Lipinski definition) is 2. The molecule has 0 amide bonds. The standard InChI is InChI=1S/C16H23NO/c1-2-13-6-8-14(9-7-13)15(12-17)16(18)10-4-3-5-11-16/h2,6-9,15,18H,1,3-5,10-12,17H2. The second-order valence-electron chi connectivity index (χ2n) is 5.32. The third kappa shape index (κ3) is 2.65. The molecule has 1 aliphatic rings. The Bertz CT molecular complexity index is 390. The minimum atomic E-state index is -0.608. The third-order valence-corrected chi connectivity index (χ3v) is 4.18. The highest BCUT2D eigenvalue weighted by atomic mass is 16.3. The molecule has 0 bridgehead atoms. The molecular weight excluding hydrogens is 222 g/mol. The number of benzene rings is 1. The van der Waals surface area contributed by atoms with Crippen LogP contribution in [0.1, 0.15) is 49.1 Å². The summed E-state index contributed by atoms with van der Waals surface area (Å²) in [5.74, 6) is 0.0525. The van der Waals surface area contributed by atoms with Crippen LogP contribution in [0.4, 0.5) is 0 Å². The Kier molecular flexibility index (Phi) is 4.20. The van der Waals surface area contributed by atoms with Crippen molar-refractivity contribution in [3.8, 4) is 0 Å². The number of aliphatic hydroxyl groups is 1. The van der Waals surface area contributed by atoms with Crippen LogP contribution in [0.2, 0.25) is 0 Å². The lowest BCUT2D eigenvalue weighted by Crippen LogP contribution is -2.41. The van der Waals surface area contributed by atoms with E-state index in [4.69, 9.17) is 5.73 Å². The van der Waals surface area contributed by atoms with Gasteiger partial charge in [-0.2, -0.15) is 0 Å². The van der Waals surface area contributed by atoms with Gasteiger partial charge in [-0.15, -0.1) is 0 Å². The smallest absolute Gasteiger partial charge is 0.0728 e. The first-order chi connectivity index (χ1) is 8.69. The topological polar surface area (TPSA) is 46.2 Å². The maximum Gasteiger partial charge on any atom is 0.0728 e. The molecule has 3 N–H and O–H groups in total. The van der Waals surface area contributed by atoms with Gasteiger partial charge in [-0.1, -0.05) is 56.2 Å². The van der Waals surface area contributed by atoms with Crippen LogP contribution in [0.25, 0.3) is 6.08 Å². The maximum atomic E-state index is 10.8. The van der Waals surface area contributed by atoms with E-state index in [-0.39, 0.29) is 5.92 Å². The highest BCUT2D eigenvalue weighted by Gasteiger charge is 2.37. The zero-order valence-electron chi connectivity index (χ0n) is 10.9. The van der Waals surface area contributed by atoms with Crippen molar-refractivity contribution in [2.24, 2.45) is 5.73 Å². The zero-order chi connectivity index (χ0) is 13.0. The average molecular weight is 245 g/mol. The summed E-state index contributed by atoms with van der Waals surface area (Å²) in [6.45, 7) is 4.26. The molecule has 0 aliphatic heterocycles. The largest absolute Gasteiger partial charge is 0.389 e. The van der Waals surface area contributed by atoms with Crippen molar-refractivity contribution >= 4 is 6.08 Å². The monoisotopic (exact) mass is 245 g/mol. The zero-order valence-corrected chi connectivity index (χ0v) is 10.9. The van der Waals surface area contributed by atoms with Crippen molar-refractivity contribution < 1.29 is 5.11 Å². The number of hydrogen-bond donors (Lipinski definition) is 2. The predicted molar refractivity (Wildman–Crippen MR) is 76.4 cm³/mol. The molecule has 2 nitrogen and oxygen atoms in total. The summed E-state index contributed by atoms with van der Waals surface area (Å²) in [5.41, 5.74) is 7.55. The Balaban J connectivity index is 2.23. The molecule has 1 aliphatic carbocycles. The fourth-order valence-electron chi connectivity index (χ4n) is 3.04. The fourth-order valence-corrected chi connectivity index (χ4v) is 3.04. The first kappa shape index (κ1) is 13.3. The normalized spacial score (nSPS) is 20.3. The van der Waals surface area contributed by atoms with Gasteiger partial charge in [0, 0.05) is 12.5 Å². The van der Waals surface area contributed by atoms with Crippen LogP contribution in [-0.2, 0) is 0 Å². The summed E-state index contributed by atoms with van der Waals surface area (Å²) in [6, 6.07) is 8.22. The molecule has 2 heteroatoms. The van der Waals surface area contributed by atoms with Gasteiger partial charge in [0.1, 0.15) is 0 Å². The van der Waals surface area contributed by atoms with E-state index >= 15 is 0 Å². The van der Waals surface area contributed by atoms with Crippen molar-refractivity contribution in [1.82, 2.24) is 0 Å². The van der Waals surface area contributed by atoms with Crippen LogP contribution >= 0.6 is 0 Å². The summed E-state index contributed by atoms with van der Waals surface area (Å²) < 4.78 is 0. The molecular formula is C16H23NO. The van der Waals surface area contributed by atoms with Crippen LogP contribution in [0.5, 0.6) is 0 Å². The van der Waals surface area contributed by atoms with E-state index in [9.17, 15) is 5.11 Å². The third-order valence-electron chi connectivity index (χ3n) is 4.18. The molecule has 0 spiro atoms. The molecule has 98 valence electrons. The molecule has 1 aromatic carbocycles. The molecule has 1 aromatic rings. The molecule has 0 radical (unpaired) electrons. The number of nitrogens with two attached hydrogens (primary N) is 1.